The lowest BCUT2D eigenvalue weighted by Crippen LogP contribution is -2.41. The van der Waals surface area contributed by atoms with Gasteiger partial charge in [-0.15, -0.1) is 35.7 Å². The highest BCUT2D eigenvalue weighted by atomic mass is 127. The minimum atomic E-state index is 0. The summed E-state index contributed by atoms with van der Waals surface area (Å²) < 4.78 is 0.276. The van der Waals surface area contributed by atoms with Crippen molar-refractivity contribution in [3.8, 4) is 6.07 Å². The van der Waals surface area contributed by atoms with Crippen molar-refractivity contribution in [2.45, 2.75) is 36.0 Å². The molecule has 0 saturated heterocycles. The molecule has 2 aromatic carbocycles. The van der Waals surface area contributed by atoms with Crippen LogP contribution in [0.15, 0.2) is 64.5 Å². The molecule has 1 aliphatic rings. The van der Waals surface area contributed by atoms with Crippen LogP contribution in [0.1, 0.15) is 30.9 Å². The molecule has 1 saturated carbocycles. The standard InChI is InChI=1S/C21H24N4S.HI/c1-2-23-20(24-15-18-8-6-7-17(13-18)14-22)25-16-21(11-12-21)26-19-9-4-3-5-10-19;/h3-10,13H,2,11-12,15-16H2,1H3,(H2,23,24,25);1H. The van der Waals surface area contributed by atoms with Crippen LogP contribution in [0.2, 0.25) is 0 Å². The number of guanidine groups is 1. The molecule has 0 unspecified atom stereocenters. The minimum Gasteiger partial charge on any atom is -0.357 e. The topological polar surface area (TPSA) is 60.2 Å². The largest absolute Gasteiger partial charge is 0.357 e. The fourth-order valence-corrected chi connectivity index (χ4v) is 3.93. The number of thioether (sulfide) groups is 1. The van der Waals surface area contributed by atoms with Crippen LogP contribution >= 0.6 is 35.7 Å². The van der Waals surface area contributed by atoms with E-state index in [-0.39, 0.29) is 28.7 Å². The van der Waals surface area contributed by atoms with Crippen molar-refractivity contribution in [1.82, 2.24) is 10.6 Å². The maximum absolute atomic E-state index is 9.01. The lowest BCUT2D eigenvalue weighted by molar-refractivity contribution is 0.769. The molecule has 0 atom stereocenters. The molecule has 4 nitrogen and oxygen atoms in total. The Bertz CT molecular complexity index is 797. The van der Waals surface area contributed by atoms with E-state index in [0.717, 1.165) is 24.6 Å². The Labute approximate surface area is 182 Å². The highest BCUT2D eigenvalue weighted by molar-refractivity contribution is 14.0. The Morgan fingerprint density at radius 1 is 1.15 bits per heavy atom. The number of nitrogens with zero attached hydrogens (tertiary/aromatic N) is 2. The van der Waals surface area contributed by atoms with Crippen LogP contribution in [0.25, 0.3) is 0 Å². The summed E-state index contributed by atoms with van der Waals surface area (Å²) in [5.74, 6) is 0.829. The predicted octanol–water partition coefficient (Wildman–Crippen LogP) is 4.56. The van der Waals surface area contributed by atoms with Gasteiger partial charge in [-0.2, -0.15) is 5.26 Å². The molecular weight excluding hydrogens is 467 g/mol. The van der Waals surface area contributed by atoms with Gasteiger partial charge in [0.1, 0.15) is 0 Å². The summed E-state index contributed by atoms with van der Waals surface area (Å²) in [6.45, 7) is 4.35. The SMILES string of the molecule is CCNC(=NCc1cccc(C#N)c1)NCC1(Sc2ccccc2)CC1.I. The van der Waals surface area contributed by atoms with Crippen LogP contribution in [0.5, 0.6) is 0 Å². The van der Waals surface area contributed by atoms with Crippen molar-refractivity contribution in [3.05, 3.63) is 65.7 Å². The molecule has 0 heterocycles. The van der Waals surface area contributed by atoms with E-state index in [1.165, 1.54) is 17.7 Å². The van der Waals surface area contributed by atoms with E-state index >= 15 is 0 Å². The number of hydrogen-bond donors (Lipinski definition) is 2. The Morgan fingerprint density at radius 2 is 1.93 bits per heavy atom. The van der Waals surface area contributed by atoms with E-state index in [0.29, 0.717) is 12.1 Å². The number of nitriles is 1. The van der Waals surface area contributed by atoms with Crippen LogP contribution in [0, 0.1) is 11.3 Å². The van der Waals surface area contributed by atoms with Crippen molar-refractivity contribution in [2.75, 3.05) is 13.1 Å². The van der Waals surface area contributed by atoms with Crippen molar-refractivity contribution < 1.29 is 0 Å². The van der Waals surface area contributed by atoms with Gasteiger partial charge in [-0.25, -0.2) is 4.99 Å². The van der Waals surface area contributed by atoms with Gasteiger partial charge in [0, 0.05) is 22.7 Å². The van der Waals surface area contributed by atoms with Gasteiger partial charge in [-0.1, -0.05) is 30.3 Å². The van der Waals surface area contributed by atoms with Gasteiger partial charge in [0.05, 0.1) is 18.2 Å². The van der Waals surface area contributed by atoms with E-state index < -0.39 is 0 Å². The van der Waals surface area contributed by atoms with Crippen LogP contribution in [-0.2, 0) is 6.54 Å². The Balaban J connectivity index is 0.00000261. The van der Waals surface area contributed by atoms with Crippen molar-refractivity contribution >= 4 is 41.7 Å². The van der Waals surface area contributed by atoms with E-state index in [2.05, 4.69) is 59.0 Å². The zero-order valence-electron chi connectivity index (χ0n) is 15.4. The molecule has 142 valence electrons. The molecule has 6 heteroatoms. The van der Waals surface area contributed by atoms with Crippen LogP contribution in [0.3, 0.4) is 0 Å². The summed E-state index contributed by atoms with van der Waals surface area (Å²) >= 11 is 1.96. The molecule has 0 aromatic heterocycles. The molecule has 1 aliphatic carbocycles. The normalized spacial score (nSPS) is 14.6. The second-order valence-electron chi connectivity index (χ2n) is 6.46. The second kappa shape index (κ2) is 10.6. The fourth-order valence-electron chi connectivity index (χ4n) is 2.69. The Kier molecular flexibility index (Phi) is 8.45. The van der Waals surface area contributed by atoms with Gasteiger partial charge in [0.25, 0.3) is 0 Å². The zero-order valence-corrected chi connectivity index (χ0v) is 18.6. The third-order valence-corrected chi connectivity index (χ3v) is 5.78. The second-order valence-corrected chi connectivity index (χ2v) is 8.00. The number of rotatable bonds is 7. The van der Waals surface area contributed by atoms with E-state index in [4.69, 9.17) is 5.26 Å². The van der Waals surface area contributed by atoms with Crippen LogP contribution in [-0.4, -0.2) is 23.8 Å². The maximum Gasteiger partial charge on any atom is 0.191 e. The summed E-state index contributed by atoms with van der Waals surface area (Å²) in [5.41, 5.74) is 1.72. The number of hydrogen-bond acceptors (Lipinski definition) is 3. The smallest absolute Gasteiger partial charge is 0.191 e. The number of nitrogens with one attached hydrogen (secondary N) is 2. The molecule has 2 aromatic rings. The third kappa shape index (κ3) is 6.74. The van der Waals surface area contributed by atoms with Gasteiger partial charge in [-0.05, 0) is 49.6 Å². The summed E-state index contributed by atoms with van der Waals surface area (Å²) in [5, 5.41) is 15.8. The van der Waals surface area contributed by atoms with Gasteiger partial charge < -0.3 is 10.6 Å². The van der Waals surface area contributed by atoms with Gasteiger partial charge in [0.15, 0.2) is 5.96 Å². The monoisotopic (exact) mass is 492 g/mol. The van der Waals surface area contributed by atoms with Crippen molar-refractivity contribution in [3.63, 3.8) is 0 Å². The molecule has 0 radical (unpaired) electrons. The first-order chi connectivity index (χ1) is 12.7. The summed E-state index contributed by atoms with van der Waals surface area (Å²) in [6, 6.07) is 20.4. The zero-order chi connectivity index (χ0) is 18.2. The molecule has 1 fully saturated rings. The molecule has 2 N–H and O–H groups in total. The van der Waals surface area contributed by atoms with Crippen LogP contribution in [0.4, 0.5) is 0 Å². The lowest BCUT2D eigenvalue weighted by Gasteiger charge is -2.18. The molecule has 0 spiro atoms. The van der Waals surface area contributed by atoms with Gasteiger partial charge in [0.2, 0.25) is 0 Å². The summed E-state index contributed by atoms with van der Waals surface area (Å²) in [6.07, 6.45) is 2.45. The van der Waals surface area contributed by atoms with E-state index in [1.807, 2.05) is 36.0 Å². The molecule has 3 rings (SSSR count). The van der Waals surface area contributed by atoms with Crippen LogP contribution < -0.4 is 10.6 Å². The first kappa shape index (κ1) is 21.6. The summed E-state index contributed by atoms with van der Waals surface area (Å²) in [7, 11) is 0. The minimum absolute atomic E-state index is 0. The van der Waals surface area contributed by atoms with Crippen molar-refractivity contribution in [1.29, 1.82) is 5.26 Å². The van der Waals surface area contributed by atoms with Crippen molar-refractivity contribution in [2.24, 2.45) is 4.99 Å². The van der Waals surface area contributed by atoms with E-state index in [1.54, 1.807) is 0 Å². The first-order valence-corrected chi connectivity index (χ1v) is 9.80. The number of halogens is 1. The number of benzene rings is 2. The quantitative estimate of drug-likeness (QED) is 0.338. The highest BCUT2D eigenvalue weighted by Gasteiger charge is 2.43. The predicted molar refractivity (Wildman–Crippen MR) is 124 cm³/mol. The third-order valence-electron chi connectivity index (χ3n) is 4.28. The van der Waals surface area contributed by atoms with Gasteiger partial charge >= 0.3 is 0 Å². The Hall–Kier alpha value is -1.72. The highest BCUT2D eigenvalue weighted by Crippen LogP contribution is 2.51. The molecule has 0 bridgehead atoms. The summed E-state index contributed by atoms with van der Waals surface area (Å²) in [4.78, 5) is 5.99. The lowest BCUT2D eigenvalue weighted by atomic mass is 10.1. The maximum atomic E-state index is 9.01. The van der Waals surface area contributed by atoms with E-state index in [9.17, 15) is 0 Å². The Morgan fingerprint density at radius 3 is 2.59 bits per heavy atom. The molecular formula is C21H25IN4S. The molecule has 27 heavy (non-hydrogen) atoms. The molecule has 0 amide bonds. The average molecular weight is 492 g/mol. The average Bonchev–Trinajstić information content (AvgIpc) is 3.44. The first-order valence-electron chi connectivity index (χ1n) is 8.98. The fraction of sp³-hybridized carbons (Fsp3) is 0.333. The van der Waals surface area contributed by atoms with Gasteiger partial charge in [-0.3, -0.25) is 0 Å². The molecule has 0 aliphatic heterocycles. The number of aliphatic imine (C=N–C) groups is 1.